The number of carbonyl (C=O) groups is 1. The van der Waals surface area contributed by atoms with Crippen LogP contribution in [0.3, 0.4) is 0 Å². The van der Waals surface area contributed by atoms with Gasteiger partial charge in [-0.05, 0) is 48.0 Å². The first kappa shape index (κ1) is 19.1. The normalized spacial score (nSPS) is 18.6. The van der Waals surface area contributed by atoms with Gasteiger partial charge in [-0.1, -0.05) is 30.3 Å². The van der Waals surface area contributed by atoms with Crippen molar-refractivity contribution in [3.05, 3.63) is 83.9 Å². The number of carbonyl (C=O) groups excluding carboxylic acids is 1. The first-order valence-electron chi connectivity index (χ1n) is 8.70. The van der Waals surface area contributed by atoms with Crippen LogP contribution in [0, 0.1) is 0 Å². The number of hydrogen-bond acceptors (Lipinski definition) is 5. The number of benzene rings is 3. The van der Waals surface area contributed by atoms with Crippen molar-refractivity contribution in [1.82, 2.24) is 0 Å². The van der Waals surface area contributed by atoms with Crippen molar-refractivity contribution >= 4 is 27.3 Å². The lowest BCUT2D eigenvalue weighted by atomic mass is 9.87. The molecule has 1 amide bonds. The van der Waals surface area contributed by atoms with Gasteiger partial charge in [0.25, 0.3) is 5.91 Å². The van der Waals surface area contributed by atoms with E-state index in [0.717, 1.165) is 0 Å². The fourth-order valence-electron chi connectivity index (χ4n) is 3.51. The van der Waals surface area contributed by atoms with E-state index in [4.69, 9.17) is 9.88 Å². The Bertz CT molecular complexity index is 1190. The summed E-state index contributed by atoms with van der Waals surface area (Å²) in [5.41, 5.74) is -0.198. The average molecular weight is 410 g/mol. The third kappa shape index (κ3) is 2.98. The molecule has 3 N–H and O–H groups in total. The van der Waals surface area contributed by atoms with E-state index < -0.39 is 21.5 Å². The van der Waals surface area contributed by atoms with Crippen LogP contribution in [0.1, 0.15) is 11.1 Å². The fourth-order valence-corrected chi connectivity index (χ4v) is 4.03. The molecule has 0 bridgehead atoms. The van der Waals surface area contributed by atoms with E-state index >= 15 is 0 Å². The number of aliphatic hydroxyl groups is 1. The van der Waals surface area contributed by atoms with Gasteiger partial charge in [-0.2, -0.15) is 0 Å². The number of primary sulfonamides is 1. The standard InChI is InChI=1S/C21H18N2O5S/c1-28-16-10-8-15(9-11-16)23-19-5-3-2-4-18(19)21(25,20(23)24)14-6-12-17(13-7-14)29(22,26)27/h2-13,25H,1H3,(H2,22,26,27). The minimum Gasteiger partial charge on any atom is -0.497 e. The predicted molar refractivity (Wildman–Crippen MR) is 107 cm³/mol. The van der Waals surface area contributed by atoms with Gasteiger partial charge in [0, 0.05) is 11.3 Å². The fraction of sp³-hybridized carbons (Fsp3) is 0.0952. The van der Waals surface area contributed by atoms with Crippen LogP contribution >= 0.6 is 0 Å². The predicted octanol–water partition coefficient (Wildman–Crippen LogP) is 2.26. The zero-order chi connectivity index (χ0) is 20.8. The molecule has 1 heterocycles. The Morgan fingerprint density at radius 1 is 0.966 bits per heavy atom. The molecule has 0 fully saturated rings. The number of ether oxygens (including phenoxy) is 1. The van der Waals surface area contributed by atoms with Gasteiger partial charge >= 0.3 is 0 Å². The lowest BCUT2D eigenvalue weighted by Crippen LogP contribution is -2.39. The van der Waals surface area contributed by atoms with Gasteiger partial charge in [0.15, 0.2) is 5.60 Å². The number of rotatable bonds is 4. The monoisotopic (exact) mass is 410 g/mol. The molecule has 0 aromatic heterocycles. The molecular formula is C21H18N2O5S. The smallest absolute Gasteiger partial charge is 0.273 e. The van der Waals surface area contributed by atoms with Gasteiger partial charge in [-0.15, -0.1) is 0 Å². The zero-order valence-corrected chi connectivity index (χ0v) is 16.3. The highest BCUT2D eigenvalue weighted by Crippen LogP contribution is 2.47. The van der Waals surface area contributed by atoms with Gasteiger partial charge in [0.2, 0.25) is 10.0 Å². The SMILES string of the molecule is COc1ccc(N2C(=O)C(O)(c3ccc(S(N)(=O)=O)cc3)c3ccccc32)cc1. The summed E-state index contributed by atoms with van der Waals surface area (Å²) in [7, 11) is -2.34. The number of sulfonamides is 1. The minimum atomic E-state index is -3.89. The summed E-state index contributed by atoms with van der Waals surface area (Å²) >= 11 is 0. The van der Waals surface area contributed by atoms with Crippen molar-refractivity contribution in [3.63, 3.8) is 0 Å². The molecule has 1 unspecified atom stereocenters. The first-order chi connectivity index (χ1) is 13.8. The molecule has 0 saturated carbocycles. The van der Waals surface area contributed by atoms with Gasteiger partial charge in [-0.3, -0.25) is 9.69 Å². The molecule has 1 atom stereocenters. The molecule has 1 aliphatic heterocycles. The van der Waals surface area contributed by atoms with Gasteiger partial charge in [0.05, 0.1) is 17.7 Å². The van der Waals surface area contributed by atoms with Crippen LogP contribution in [0.2, 0.25) is 0 Å². The Labute approximate surface area is 168 Å². The van der Waals surface area contributed by atoms with Crippen LogP contribution in [0.25, 0.3) is 0 Å². The number of hydrogen-bond donors (Lipinski definition) is 2. The maximum atomic E-state index is 13.4. The van der Waals surface area contributed by atoms with E-state index in [1.165, 1.54) is 29.2 Å². The van der Waals surface area contributed by atoms with Crippen LogP contribution in [0.4, 0.5) is 11.4 Å². The maximum Gasteiger partial charge on any atom is 0.273 e. The van der Waals surface area contributed by atoms with Crippen molar-refractivity contribution in [3.8, 4) is 5.75 Å². The second-order valence-electron chi connectivity index (χ2n) is 6.64. The third-order valence-electron chi connectivity index (χ3n) is 4.98. The number of para-hydroxylation sites is 1. The molecule has 3 aromatic carbocycles. The number of fused-ring (bicyclic) bond motifs is 1. The van der Waals surface area contributed by atoms with Crippen LogP contribution in [-0.2, 0) is 20.4 Å². The van der Waals surface area contributed by atoms with Crippen molar-refractivity contribution in [1.29, 1.82) is 0 Å². The molecule has 4 rings (SSSR count). The third-order valence-corrected chi connectivity index (χ3v) is 5.91. The van der Waals surface area contributed by atoms with Crippen LogP contribution < -0.4 is 14.8 Å². The average Bonchev–Trinajstić information content (AvgIpc) is 2.96. The Morgan fingerprint density at radius 2 is 1.59 bits per heavy atom. The van der Waals surface area contributed by atoms with Gasteiger partial charge in [0.1, 0.15) is 5.75 Å². The summed E-state index contributed by atoms with van der Waals surface area (Å²) in [6.07, 6.45) is 0. The largest absolute Gasteiger partial charge is 0.497 e. The molecule has 1 aliphatic rings. The van der Waals surface area contributed by atoms with Gasteiger partial charge < -0.3 is 9.84 Å². The summed E-state index contributed by atoms with van der Waals surface area (Å²) in [6.45, 7) is 0. The summed E-state index contributed by atoms with van der Waals surface area (Å²) in [5, 5.41) is 16.7. The number of amides is 1. The molecule has 148 valence electrons. The minimum absolute atomic E-state index is 0.101. The highest BCUT2D eigenvalue weighted by molar-refractivity contribution is 7.89. The van der Waals surface area contributed by atoms with E-state index in [1.54, 1.807) is 55.6 Å². The van der Waals surface area contributed by atoms with Crippen molar-refractivity contribution in [2.45, 2.75) is 10.5 Å². The number of nitrogens with zero attached hydrogens (tertiary/aromatic N) is 1. The molecular weight excluding hydrogens is 392 g/mol. The maximum absolute atomic E-state index is 13.4. The van der Waals surface area contributed by atoms with Crippen LogP contribution in [0.15, 0.2) is 77.7 Å². The first-order valence-corrected chi connectivity index (χ1v) is 10.3. The Kier molecular flexibility index (Phi) is 4.42. The second-order valence-corrected chi connectivity index (χ2v) is 8.20. The van der Waals surface area contributed by atoms with Crippen LogP contribution in [0.5, 0.6) is 5.75 Å². The highest BCUT2D eigenvalue weighted by atomic mass is 32.2. The zero-order valence-electron chi connectivity index (χ0n) is 15.4. The van der Waals surface area contributed by atoms with Crippen LogP contribution in [-0.4, -0.2) is 26.5 Å². The van der Waals surface area contributed by atoms with E-state index in [-0.39, 0.29) is 10.5 Å². The summed E-state index contributed by atoms with van der Waals surface area (Å²) in [6, 6.07) is 19.2. The molecule has 3 aromatic rings. The highest BCUT2D eigenvalue weighted by Gasteiger charge is 2.51. The Morgan fingerprint density at radius 3 is 2.17 bits per heavy atom. The van der Waals surface area contributed by atoms with E-state index in [9.17, 15) is 18.3 Å². The topological polar surface area (TPSA) is 110 Å². The Hall–Kier alpha value is -3.20. The summed E-state index contributed by atoms with van der Waals surface area (Å²) < 4.78 is 28.2. The summed E-state index contributed by atoms with van der Waals surface area (Å²) in [5.74, 6) is 0.0785. The number of methoxy groups -OCH3 is 1. The molecule has 0 radical (unpaired) electrons. The molecule has 0 spiro atoms. The molecule has 29 heavy (non-hydrogen) atoms. The molecule has 7 nitrogen and oxygen atoms in total. The molecule has 0 saturated heterocycles. The lowest BCUT2D eigenvalue weighted by molar-refractivity contribution is -0.131. The summed E-state index contributed by atoms with van der Waals surface area (Å²) in [4.78, 5) is 14.8. The molecule has 0 aliphatic carbocycles. The Balaban J connectivity index is 1.85. The van der Waals surface area contributed by atoms with Gasteiger partial charge in [-0.25, -0.2) is 13.6 Å². The second kappa shape index (κ2) is 6.70. The van der Waals surface area contributed by atoms with E-state index in [0.29, 0.717) is 22.7 Å². The number of anilines is 2. The van der Waals surface area contributed by atoms with E-state index in [2.05, 4.69) is 0 Å². The quantitative estimate of drug-likeness (QED) is 0.686. The van der Waals surface area contributed by atoms with Crippen molar-refractivity contribution in [2.75, 3.05) is 12.0 Å². The lowest BCUT2D eigenvalue weighted by Gasteiger charge is -2.24. The van der Waals surface area contributed by atoms with Crippen molar-refractivity contribution < 1.29 is 23.1 Å². The van der Waals surface area contributed by atoms with E-state index in [1.807, 2.05) is 0 Å². The van der Waals surface area contributed by atoms with Crippen molar-refractivity contribution in [2.24, 2.45) is 5.14 Å². The molecule has 8 heteroatoms. The number of nitrogens with two attached hydrogens (primary N) is 1.